The molecule has 0 aliphatic carbocycles. The molecule has 4 aromatic rings. The molecule has 0 unspecified atom stereocenters. The van der Waals surface area contributed by atoms with Crippen molar-refractivity contribution in [2.24, 2.45) is 0 Å². The number of benzene rings is 2. The van der Waals surface area contributed by atoms with Crippen LogP contribution in [0.25, 0.3) is 10.7 Å². The third-order valence-corrected chi connectivity index (χ3v) is 6.44. The number of hydrogen-bond acceptors (Lipinski definition) is 6. The van der Waals surface area contributed by atoms with E-state index in [2.05, 4.69) is 14.9 Å². The maximum atomic E-state index is 12.7. The fraction of sp³-hybridized carbons (Fsp3) is 0.0526. The highest BCUT2D eigenvalue weighted by molar-refractivity contribution is 7.92. The maximum Gasteiger partial charge on any atom is 0.261 e. The number of aromatic nitrogens is 2. The summed E-state index contributed by atoms with van der Waals surface area (Å²) in [6, 6.07) is 16.9. The number of rotatable bonds is 6. The van der Waals surface area contributed by atoms with E-state index in [9.17, 15) is 8.42 Å². The van der Waals surface area contributed by atoms with Crippen LogP contribution in [0.5, 0.6) is 0 Å². The van der Waals surface area contributed by atoms with Crippen molar-refractivity contribution < 1.29 is 12.9 Å². The largest absolute Gasteiger partial charge is 0.339 e. The Hall–Kier alpha value is -2.68. The highest BCUT2D eigenvalue weighted by Crippen LogP contribution is 2.25. The zero-order valence-corrected chi connectivity index (χ0v) is 16.8. The molecule has 0 aliphatic rings. The van der Waals surface area contributed by atoms with E-state index in [-0.39, 0.29) is 4.90 Å². The van der Waals surface area contributed by atoms with Gasteiger partial charge in [0.2, 0.25) is 11.7 Å². The van der Waals surface area contributed by atoms with Gasteiger partial charge in [-0.1, -0.05) is 41.0 Å². The molecule has 4 rings (SSSR count). The third-order valence-electron chi connectivity index (χ3n) is 3.94. The van der Waals surface area contributed by atoms with Gasteiger partial charge in [0.25, 0.3) is 10.0 Å². The number of hydrogen-bond donors (Lipinski definition) is 1. The van der Waals surface area contributed by atoms with E-state index in [1.807, 2.05) is 29.6 Å². The molecule has 0 fully saturated rings. The first-order valence-electron chi connectivity index (χ1n) is 8.24. The predicted molar refractivity (Wildman–Crippen MR) is 109 cm³/mol. The van der Waals surface area contributed by atoms with Gasteiger partial charge < -0.3 is 4.52 Å². The Morgan fingerprint density at radius 3 is 2.57 bits per heavy atom. The standard InChI is InChI=1S/C19H14ClN3O3S2/c20-14-7-9-15(10-8-14)28(24,25)23-16-5-2-1-4-13(16)12-18-21-19(22-26-18)17-6-3-11-27-17/h1-11,23H,12H2. The first kappa shape index (κ1) is 18.7. The summed E-state index contributed by atoms with van der Waals surface area (Å²) < 4.78 is 33.3. The van der Waals surface area contributed by atoms with Gasteiger partial charge in [0, 0.05) is 5.02 Å². The zero-order valence-electron chi connectivity index (χ0n) is 14.4. The summed E-state index contributed by atoms with van der Waals surface area (Å²) >= 11 is 7.36. The molecule has 0 amide bonds. The quantitative estimate of drug-likeness (QED) is 0.472. The van der Waals surface area contributed by atoms with Crippen LogP contribution in [0.4, 0.5) is 5.69 Å². The Bertz CT molecular complexity index is 1190. The fourth-order valence-corrected chi connectivity index (χ4v) is 4.46. The van der Waals surface area contributed by atoms with Crippen molar-refractivity contribution >= 4 is 38.6 Å². The second kappa shape index (κ2) is 7.75. The minimum atomic E-state index is -3.75. The van der Waals surface area contributed by atoms with Gasteiger partial charge in [-0.3, -0.25) is 4.72 Å². The number of nitrogens with one attached hydrogen (secondary N) is 1. The average molecular weight is 432 g/mol. The van der Waals surface area contributed by atoms with Crippen molar-refractivity contribution in [1.29, 1.82) is 0 Å². The molecular formula is C19H14ClN3O3S2. The van der Waals surface area contributed by atoms with Crippen molar-refractivity contribution in [2.45, 2.75) is 11.3 Å². The molecule has 142 valence electrons. The lowest BCUT2D eigenvalue weighted by molar-refractivity contribution is 0.386. The van der Waals surface area contributed by atoms with Crippen LogP contribution >= 0.6 is 22.9 Å². The summed E-state index contributed by atoms with van der Waals surface area (Å²) in [6.45, 7) is 0. The molecule has 28 heavy (non-hydrogen) atoms. The van der Waals surface area contributed by atoms with Crippen molar-refractivity contribution in [3.8, 4) is 10.7 Å². The smallest absolute Gasteiger partial charge is 0.261 e. The summed E-state index contributed by atoms with van der Waals surface area (Å²) in [5.74, 6) is 0.922. The SMILES string of the molecule is O=S(=O)(Nc1ccccc1Cc1nc(-c2cccs2)no1)c1ccc(Cl)cc1. The van der Waals surface area contributed by atoms with Crippen LogP contribution in [0.2, 0.25) is 5.02 Å². The van der Waals surface area contributed by atoms with Crippen LogP contribution in [-0.4, -0.2) is 18.6 Å². The fourth-order valence-electron chi connectivity index (χ4n) is 2.59. The van der Waals surface area contributed by atoms with E-state index in [0.29, 0.717) is 28.8 Å². The van der Waals surface area contributed by atoms with Crippen LogP contribution in [-0.2, 0) is 16.4 Å². The van der Waals surface area contributed by atoms with Crippen LogP contribution in [0.1, 0.15) is 11.5 Å². The van der Waals surface area contributed by atoms with Gasteiger partial charge in [0.05, 0.1) is 21.9 Å². The molecular weight excluding hydrogens is 418 g/mol. The molecule has 2 heterocycles. The zero-order chi connectivity index (χ0) is 19.6. The van der Waals surface area contributed by atoms with Crippen LogP contribution in [0.3, 0.4) is 0 Å². The van der Waals surface area contributed by atoms with Crippen LogP contribution in [0, 0.1) is 0 Å². The van der Waals surface area contributed by atoms with E-state index in [1.54, 1.807) is 12.1 Å². The molecule has 2 aromatic carbocycles. The number of anilines is 1. The van der Waals surface area contributed by atoms with Gasteiger partial charge in [0.15, 0.2) is 0 Å². The molecule has 9 heteroatoms. The molecule has 0 aliphatic heterocycles. The summed E-state index contributed by atoms with van der Waals surface area (Å²) in [6.07, 6.45) is 0.303. The van der Waals surface area contributed by atoms with E-state index < -0.39 is 10.0 Å². The van der Waals surface area contributed by atoms with E-state index in [0.717, 1.165) is 10.4 Å². The number of sulfonamides is 1. The molecule has 1 N–H and O–H groups in total. The van der Waals surface area contributed by atoms with Gasteiger partial charge in [-0.2, -0.15) is 4.98 Å². The number of halogens is 1. The summed E-state index contributed by atoms with van der Waals surface area (Å²) in [5.41, 5.74) is 1.18. The Balaban J connectivity index is 1.58. The Labute approximate surface area is 170 Å². The maximum absolute atomic E-state index is 12.7. The topological polar surface area (TPSA) is 85.1 Å². The first-order valence-corrected chi connectivity index (χ1v) is 11.0. The average Bonchev–Trinajstić information content (AvgIpc) is 3.35. The van der Waals surface area contributed by atoms with E-state index in [1.165, 1.54) is 35.6 Å². The molecule has 6 nitrogen and oxygen atoms in total. The van der Waals surface area contributed by atoms with Crippen LogP contribution < -0.4 is 4.72 Å². The highest BCUT2D eigenvalue weighted by atomic mass is 35.5. The molecule has 0 atom stereocenters. The van der Waals surface area contributed by atoms with E-state index >= 15 is 0 Å². The highest BCUT2D eigenvalue weighted by Gasteiger charge is 2.17. The second-order valence-electron chi connectivity index (χ2n) is 5.88. The predicted octanol–water partition coefficient (Wildman–Crippen LogP) is 4.84. The summed E-state index contributed by atoms with van der Waals surface area (Å²) in [4.78, 5) is 5.43. The van der Waals surface area contributed by atoms with Gasteiger partial charge in [-0.15, -0.1) is 11.3 Å². The molecule has 0 spiro atoms. The minimum Gasteiger partial charge on any atom is -0.339 e. The van der Waals surface area contributed by atoms with Crippen LogP contribution in [0.15, 0.2) is 75.5 Å². The lowest BCUT2D eigenvalue weighted by Crippen LogP contribution is -2.14. The van der Waals surface area contributed by atoms with Gasteiger partial charge in [-0.05, 0) is 47.3 Å². The number of para-hydroxylation sites is 1. The number of nitrogens with zero attached hydrogens (tertiary/aromatic N) is 2. The van der Waals surface area contributed by atoms with Gasteiger partial charge in [0.1, 0.15) is 0 Å². The van der Waals surface area contributed by atoms with Gasteiger partial charge in [-0.25, -0.2) is 8.42 Å². The summed E-state index contributed by atoms with van der Waals surface area (Å²) in [5, 5.41) is 6.39. The molecule has 0 saturated carbocycles. The molecule has 2 aromatic heterocycles. The molecule has 0 saturated heterocycles. The lowest BCUT2D eigenvalue weighted by Gasteiger charge is -2.11. The molecule has 0 radical (unpaired) electrons. The third kappa shape index (κ3) is 4.09. The van der Waals surface area contributed by atoms with Crippen molar-refractivity contribution in [3.05, 3.63) is 82.5 Å². The first-order chi connectivity index (χ1) is 13.5. The van der Waals surface area contributed by atoms with Crippen molar-refractivity contribution in [2.75, 3.05) is 4.72 Å². The summed E-state index contributed by atoms with van der Waals surface area (Å²) in [7, 11) is -3.75. The second-order valence-corrected chi connectivity index (χ2v) is 8.95. The lowest BCUT2D eigenvalue weighted by atomic mass is 10.1. The Kier molecular flexibility index (Phi) is 5.17. The van der Waals surface area contributed by atoms with Crippen molar-refractivity contribution in [3.63, 3.8) is 0 Å². The minimum absolute atomic E-state index is 0.129. The molecule has 0 bridgehead atoms. The normalized spacial score (nSPS) is 11.5. The van der Waals surface area contributed by atoms with Gasteiger partial charge >= 0.3 is 0 Å². The Morgan fingerprint density at radius 1 is 1.04 bits per heavy atom. The monoisotopic (exact) mass is 431 g/mol. The number of thiophene rings is 1. The Morgan fingerprint density at radius 2 is 1.82 bits per heavy atom. The van der Waals surface area contributed by atoms with Crippen molar-refractivity contribution in [1.82, 2.24) is 10.1 Å². The van der Waals surface area contributed by atoms with E-state index in [4.69, 9.17) is 16.1 Å².